The van der Waals surface area contributed by atoms with E-state index in [2.05, 4.69) is 30.2 Å². The van der Waals surface area contributed by atoms with Crippen LogP contribution in [0.3, 0.4) is 0 Å². The van der Waals surface area contributed by atoms with Crippen LogP contribution >= 0.6 is 0 Å². The smallest absolute Gasteiger partial charge is 0.326 e. The minimum atomic E-state index is -1.10. The molecule has 10 nitrogen and oxygen atoms in total. The van der Waals surface area contributed by atoms with E-state index in [1.54, 1.807) is 24.4 Å². The highest BCUT2D eigenvalue weighted by Crippen LogP contribution is 2.21. The molecule has 38 heavy (non-hydrogen) atoms. The van der Waals surface area contributed by atoms with Crippen LogP contribution in [0.4, 0.5) is 0 Å². The van der Waals surface area contributed by atoms with E-state index in [0.29, 0.717) is 35.4 Å². The molecule has 6 rings (SSSR count). The lowest BCUT2D eigenvalue weighted by molar-refractivity contribution is -0.139. The Labute approximate surface area is 216 Å². The zero-order valence-electron chi connectivity index (χ0n) is 20.3. The average molecular weight is 508 g/mol. The van der Waals surface area contributed by atoms with E-state index in [1.807, 2.05) is 42.5 Å². The van der Waals surface area contributed by atoms with Crippen LogP contribution < -0.4 is 11.1 Å². The SMILES string of the molecule is NCc1ccc2nc(Cc3nc4ccc(C(=O)N[C@H](Cc5c[nH]c6ccccc56)C(=O)O)cc4[nH]3)[nH]c2c1. The summed E-state index contributed by atoms with van der Waals surface area (Å²) in [5, 5.41) is 13.4. The number of imidazole rings is 2. The number of carboxylic acids is 1. The van der Waals surface area contributed by atoms with Gasteiger partial charge in [-0.15, -0.1) is 0 Å². The summed E-state index contributed by atoms with van der Waals surface area (Å²) < 4.78 is 0. The molecule has 10 heteroatoms. The third-order valence-corrected chi connectivity index (χ3v) is 6.66. The van der Waals surface area contributed by atoms with Gasteiger partial charge in [0.1, 0.15) is 17.7 Å². The van der Waals surface area contributed by atoms with Gasteiger partial charge in [0.05, 0.1) is 28.5 Å². The second kappa shape index (κ2) is 9.49. The van der Waals surface area contributed by atoms with Crippen molar-refractivity contribution >= 4 is 44.8 Å². The van der Waals surface area contributed by atoms with Gasteiger partial charge in [0.2, 0.25) is 0 Å². The van der Waals surface area contributed by atoms with E-state index in [0.717, 1.165) is 38.9 Å². The third kappa shape index (κ3) is 4.48. The second-order valence-electron chi connectivity index (χ2n) is 9.26. The van der Waals surface area contributed by atoms with Crippen molar-refractivity contribution in [3.8, 4) is 0 Å². The average Bonchev–Trinajstić information content (AvgIpc) is 3.63. The Hall–Kier alpha value is -4.96. The van der Waals surface area contributed by atoms with Crippen LogP contribution in [-0.2, 0) is 24.2 Å². The number of carbonyl (C=O) groups is 2. The number of rotatable bonds is 8. The van der Waals surface area contributed by atoms with Gasteiger partial charge in [-0.3, -0.25) is 4.79 Å². The summed E-state index contributed by atoms with van der Waals surface area (Å²) in [5.41, 5.74) is 12.0. The van der Waals surface area contributed by atoms with E-state index in [-0.39, 0.29) is 6.42 Å². The van der Waals surface area contributed by atoms with E-state index in [9.17, 15) is 14.7 Å². The Morgan fingerprint density at radius 3 is 2.37 bits per heavy atom. The molecule has 0 aliphatic rings. The number of amides is 1. The summed E-state index contributed by atoms with van der Waals surface area (Å²) in [7, 11) is 0. The van der Waals surface area contributed by atoms with Crippen LogP contribution in [0.1, 0.15) is 33.1 Å². The lowest BCUT2D eigenvalue weighted by Crippen LogP contribution is -2.42. The standard InChI is InChI=1S/C28H25N7O3/c29-13-15-5-7-20-22(9-15)33-25(31-20)12-26-32-21-8-6-16(10-23(21)34-26)27(36)35-24(28(37)38)11-17-14-30-19-4-2-1-3-18(17)19/h1-10,14,24,30H,11-13,29H2,(H,31,33)(H,32,34)(H,35,36)(H,37,38)/t24-/m1/s1. The Kier molecular flexibility index (Phi) is 5.85. The van der Waals surface area contributed by atoms with Crippen molar-refractivity contribution in [2.45, 2.75) is 25.4 Å². The first-order valence-corrected chi connectivity index (χ1v) is 12.2. The fourth-order valence-electron chi connectivity index (χ4n) is 4.73. The minimum Gasteiger partial charge on any atom is -0.480 e. The van der Waals surface area contributed by atoms with Gasteiger partial charge in [-0.1, -0.05) is 24.3 Å². The number of carbonyl (C=O) groups excluding carboxylic acids is 1. The highest BCUT2D eigenvalue weighted by Gasteiger charge is 2.23. The van der Waals surface area contributed by atoms with E-state index in [4.69, 9.17) is 5.73 Å². The maximum absolute atomic E-state index is 13.0. The maximum atomic E-state index is 13.0. The van der Waals surface area contributed by atoms with Crippen molar-refractivity contribution in [1.29, 1.82) is 0 Å². The van der Waals surface area contributed by atoms with Gasteiger partial charge in [-0.2, -0.15) is 0 Å². The normalized spacial score (nSPS) is 12.3. The van der Waals surface area contributed by atoms with E-state index in [1.165, 1.54) is 0 Å². The number of nitrogens with one attached hydrogen (secondary N) is 4. The lowest BCUT2D eigenvalue weighted by atomic mass is 10.0. The number of H-pyrrole nitrogens is 3. The molecule has 0 saturated heterocycles. The number of fused-ring (bicyclic) bond motifs is 3. The highest BCUT2D eigenvalue weighted by atomic mass is 16.4. The number of aromatic nitrogens is 5. The summed E-state index contributed by atoms with van der Waals surface area (Å²) in [6, 6.07) is 17.5. The van der Waals surface area contributed by atoms with Crippen molar-refractivity contribution in [3.63, 3.8) is 0 Å². The number of benzene rings is 3. The zero-order chi connectivity index (χ0) is 26.2. The molecule has 3 heterocycles. The van der Waals surface area contributed by atoms with Crippen LogP contribution in [0.2, 0.25) is 0 Å². The predicted molar refractivity (Wildman–Crippen MR) is 144 cm³/mol. The number of hydrogen-bond acceptors (Lipinski definition) is 5. The van der Waals surface area contributed by atoms with Crippen molar-refractivity contribution in [2.24, 2.45) is 5.73 Å². The first kappa shape index (κ1) is 23.4. The molecule has 0 fully saturated rings. The Morgan fingerprint density at radius 1 is 0.921 bits per heavy atom. The zero-order valence-corrected chi connectivity index (χ0v) is 20.3. The molecule has 0 aliphatic carbocycles. The molecule has 0 radical (unpaired) electrons. The maximum Gasteiger partial charge on any atom is 0.326 e. The fourth-order valence-corrected chi connectivity index (χ4v) is 4.73. The van der Waals surface area contributed by atoms with Crippen molar-refractivity contribution < 1.29 is 14.7 Å². The quantitative estimate of drug-likeness (QED) is 0.185. The number of nitrogens with zero attached hydrogens (tertiary/aromatic N) is 2. The Bertz CT molecular complexity index is 1810. The van der Waals surface area contributed by atoms with Gasteiger partial charge in [0.15, 0.2) is 0 Å². The first-order valence-electron chi connectivity index (χ1n) is 12.2. The molecule has 7 N–H and O–H groups in total. The molecule has 0 unspecified atom stereocenters. The molecular weight excluding hydrogens is 482 g/mol. The molecule has 3 aromatic heterocycles. The molecule has 0 bridgehead atoms. The summed E-state index contributed by atoms with van der Waals surface area (Å²) in [6.45, 7) is 0.458. The minimum absolute atomic E-state index is 0.159. The number of para-hydroxylation sites is 1. The summed E-state index contributed by atoms with van der Waals surface area (Å²) in [6.07, 6.45) is 2.39. The summed E-state index contributed by atoms with van der Waals surface area (Å²) in [4.78, 5) is 43.9. The number of hydrogen-bond donors (Lipinski definition) is 6. The molecule has 6 aromatic rings. The first-order chi connectivity index (χ1) is 18.5. The largest absolute Gasteiger partial charge is 0.480 e. The number of carboxylic acid groups (broad SMARTS) is 1. The van der Waals surface area contributed by atoms with Gasteiger partial charge in [0.25, 0.3) is 5.91 Å². The molecule has 3 aromatic carbocycles. The number of aliphatic carboxylic acids is 1. The monoisotopic (exact) mass is 507 g/mol. The highest BCUT2D eigenvalue weighted by molar-refractivity contribution is 5.99. The summed E-state index contributed by atoms with van der Waals surface area (Å²) in [5.74, 6) is -0.118. The van der Waals surface area contributed by atoms with E-state index < -0.39 is 17.9 Å². The molecule has 190 valence electrons. The fraction of sp³-hybridized carbons (Fsp3) is 0.143. The van der Waals surface area contributed by atoms with Crippen LogP contribution in [0, 0.1) is 0 Å². The van der Waals surface area contributed by atoms with E-state index >= 15 is 0 Å². The second-order valence-corrected chi connectivity index (χ2v) is 9.26. The number of nitrogens with two attached hydrogens (primary N) is 1. The van der Waals surface area contributed by atoms with Gasteiger partial charge >= 0.3 is 5.97 Å². The van der Waals surface area contributed by atoms with Crippen molar-refractivity contribution in [2.75, 3.05) is 0 Å². The Balaban J connectivity index is 1.19. The van der Waals surface area contributed by atoms with Crippen LogP contribution in [-0.4, -0.2) is 47.9 Å². The molecule has 1 atom stereocenters. The topological polar surface area (TPSA) is 166 Å². The molecule has 0 spiro atoms. The van der Waals surface area contributed by atoms with Crippen molar-refractivity contribution in [1.82, 2.24) is 30.2 Å². The lowest BCUT2D eigenvalue weighted by Gasteiger charge is -2.14. The predicted octanol–water partition coefficient (Wildman–Crippen LogP) is 3.40. The van der Waals surface area contributed by atoms with Crippen LogP contribution in [0.5, 0.6) is 0 Å². The van der Waals surface area contributed by atoms with Crippen LogP contribution in [0.25, 0.3) is 33.0 Å². The molecule has 1 amide bonds. The number of aromatic amines is 3. The summed E-state index contributed by atoms with van der Waals surface area (Å²) >= 11 is 0. The third-order valence-electron chi connectivity index (χ3n) is 6.66. The van der Waals surface area contributed by atoms with Gasteiger partial charge in [-0.05, 0) is 47.5 Å². The van der Waals surface area contributed by atoms with Crippen molar-refractivity contribution in [3.05, 3.63) is 95.2 Å². The van der Waals surface area contributed by atoms with Gasteiger partial charge in [-0.25, -0.2) is 14.8 Å². The molecule has 0 saturated carbocycles. The molecule has 0 aliphatic heterocycles. The van der Waals surface area contributed by atoms with Gasteiger partial charge < -0.3 is 31.1 Å². The molecular formula is C28H25N7O3. The van der Waals surface area contributed by atoms with Crippen LogP contribution in [0.15, 0.2) is 66.9 Å². The Morgan fingerprint density at radius 2 is 1.63 bits per heavy atom. The van der Waals surface area contributed by atoms with Gasteiger partial charge in [0, 0.05) is 35.6 Å².